The molecule has 0 aromatic heterocycles. The van der Waals surface area contributed by atoms with Crippen LogP contribution in [0.25, 0.3) is 0 Å². The van der Waals surface area contributed by atoms with Crippen LogP contribution in [-0.2, 0) is 4.79 Å². The van der Waals surface area contributed by atoms with Gasteiger partial charge in [0.15, 0.2) is 0 Å². The fourth-order valence-electron chi connectivity index (χ4n) is 4.25. The second-order valence-electron chi connectivity index (χ2n) is 6.88. The van der Waals surface area contributed by atoms with E-state index < -0.39 is 0 Å². The normalized spacial score (nSPS) is 39.6. The quantitative estimate of drug-likeness (QED) is 0.816. The maximum atomic E-state index is 12.5. The first-order chi connectivity index (χ1) is 9.13. The molecule has 2 bridgehead atoms. The molecule has 0 radical (unpaired) electrons. The average molecular weight is 265 g/mol. The number of carbonyl (C=O) groups excluding carboxylic acids is 1. The van der Waals surface area contributed by atoms with Gasteiger partial charge in [-0.15, -0.1) is 0 Å². The minimum atomic E-state index is 0.346. The minimum Gasteiger partial charge on any atom is -0.341 e. The second kappa shape index (κ2) is 5.41. The lowest BCUT2D eigenvalue weighted by Crippen LogP contribution is -2.52. The molecule has 0 aromatic carbocycles. The van der Waals surface area contributed by atoms with E-state index in [-0.39, 0.29) is 0 Å². The predicted molar refractivity (Wildman–Crippen MR) is 75.7 cm³/mol. The number of carbonyl (C=O) groups is 1. The van der Waals surface area contributed by atoms with Crippen molar-refractivity contribution >= 4 is 5.91 Å². The van der Waals surface area contributed by atoms with Crippen molar-refractivity contribution in [1.29, 1.82) is 0 Å². The molecule has 1 amide bonds. The van der Waals surface area contributed by atoms with Gasteiger partial charge in [0.2, 0.25) is 5.91 Å². The number of hydrogen-bond acceptors (Lipinski definition) is 3. The van der Waals surface area contributed by atoms with Crippen LogP contribution in [-0.4, -0.2) is 53.5 Å². The number of fused-ring (bicyclic) bond motifs is 2. The van der Waals surface area contributed by atoms with Gasteiger partial charge >= 0.3 is 0 Å². The molecule has 4 nitrogen and oxygen atoms in total. The highest BCUT2D eigenvalue weighted by Crippen LogP contribution is 2.34. The average Bonchev–Trinajstić information content (AvgIpc) is 2.61. The zero-order valence-corrected chi connectivity index (χ0v) is 12.1. The first-order valence-electron chi connectivity index (χ1n) is 7.92. The van der Waals surface area contributed by atoms with Crippen LogP contribution < -0.4 is 5.73 Å². The van der Waals surface area contributed by atoms with Gasteiger partial charge in [-0.05, 0) is 44.4 Å². The summed E-state index contributed by atoms with van der Waals surface area (Å²) in [5.41, 5.74) is 6.09. The highest BCUT2D eigenvalue weighted by molar-refractivity contribution is 5.78. The number of amides is 1. The molecule has 3 saturated heterocycles. The molecule has 3 rings (SSSR count). The number of nitrogens with two attached hydrogens (primary N) is 1. The summed E-state index contributed by atoms with van der Waals surface area (Å²) in [6.45, 7) is 4.81. The minimum absolute atomic E-state index is 0.346. The van der Waals surface area contributed by atoms with Crippen LogP contribution in [0.5, 0.6) is 0 Å². The zero-order valence-electron chi connectivity index (χ0n) is 12.1. The van der Waals surface area contributed by atoms with Crippen LogP contribution in [0.1, 0.15) is 45.4 Å². The summed E-state index contributed by atoms with van der Waals surface area (Å²) in [6.07, 6.45) is 7.09. The summed E-state index contributed by atoms with van der Waals surface area (Å²) >= 11 is 0. The van der Waals surface area contributed by atoms with Crippen LogP contribution in [0.4, 0.5) is 0 Å². The Morgan fingerprint density at radius 1 is 1.21 bits per heavy atom. The van der Waals surface area contributed by atoms with Gasteiger partial charge in [0.05, 0.1) is 6.54 Å². The standard InChI is InChI=1S/C15H27N3O/c1-11-3-2-6-17(9-11)15(19)10-18-13-4-5-14(18)8-12(16)7-13/h11-14H,2-10,16H2,1H3. The Morgan fingerprint density at radius 3 is 2.53 bits per heavy atom. The van der Waals surface area contributed by atoms with Crippen LogP contribution in [0.15, 0.2) is 0 Å². The molecule has 108 valence electrons. The number of likely N-dealkylation sites (tertiary alicyclic amines) is 1. The summed E-state index contributed by atoms with van der Waals surface area (Å²) in [4.78, 5) is 17.0. The molecule has 0 spiro atoms. The Morgan fingerprint density at radius 2 is 1.89 bits per heavy atom. The van der Waals surface area contributed by atoms with Gasteiger partial charge in [-0.1, -0.05) is 6.92 Å². The van der Waals surface area contributed by atoms with E-state index in [0.29, 0.717) is 36.5 Å². The molecule has 19 heavy (non-hydrogen) atoms. The molecule has 0 aromatic rings. The molecule has 0 aliphatic carbocycles. The molecule has 3 aliphatic rings. The molecular weight excluding hydrogens is 238 g/mol. The fraction of sp³-hybridized carbons (Fsp3) is 0.933. The molecule has 3 heterocycles. The predicted octanol–water partition coefficient (Wildman–Crippen LogP) is 1.20. The highest BCUT2D eigenvalue weighted by atomic mass is 16.2. The van der Waals surface area contributed by atoms with Crippen molar-refractivity contribution in [3.63, 3.8) is 0 Å². The van der Waals surface area contributed by atoms with Gasteiger partial charge < -0.3 is 10.6 Å². The number of nitrogens with zero attached hydrogens (tertiary/aromatic N) is 2. The van der Waals surface area contributed by atoms with Gasteiger partial charge in [-0.3, -0.25) is 9.69 Å². The van der Waals surface area contributed by atoms with Crippen molar-refractivity contribution in [2.45, 2.75) is 63.6 Å². The smallest absolute Gasteiger partial charge is 0.236 e. The summed E-state index contributed by atoms with van der Waals surface area (Å²) in [5, 5.41) is 0. The molecule has 0 saturated carbocycles. The Labute approximate surface area is 116 Å². The van der Waals surface area contributed by atoms with E-state index in [9.17, 15) is 4.79 Å². The highest BCUT2D eigenvalue weighted by Gasteiger charge is 2.40. The first-order valence-corrected chi connectivity index (χ1v) is 7.92. The van der Waals surface area contributed by atoms with Crippen molar-refractivity contribution in [1.82, 2.24) is 9.80 Å². The Hall–Kier alpha value is -0.610. The summed E-state index contributed by atoms with van der Waals surface area (Å²) < 4.78 is 0. The van der Waals surface area contributed by atoms with E-state index in [1.54, 1.807) is 0 Å². The van der Waals surface area contributed by atoms with Crippen LogP contribution >= 0.6 is 0 Å². The maximum Gasteiger partial charge on any atom is 0.236 e. The second-order valence-corrected chi connectivity index (χ2v) is 6.88. The monoisotopic (exact) mass is 265 g/mol. The largest absolute Gasteiger partial charge is 0.341 e. The van der Waals surface area contributed by atoms with Crippen molar-refractivity contribution in [2.24, 2.45) is 11.7 Å². The lowest BCUT2D eigenvalue weighted by atomic mass is 9.97. The Balaban J connectivity index is 1.58. The Kier molecular flexibility index (Phi) is 3.81. The van der Waals surface area contributed by atoms with Crippen LogP contribution in [0.3, 0.4) is 0 Å². The molecule has 3 aliphatic heterocycles. The summed E-state index contributed by atoms with van der Waals surface area (Å²) in [5.74, 6) is 1.02. The van der Waals surface area contributed by atoms with Gasteiger partial charge in [-0.25, -0.2) is 0 Å². The molecule has 3 atom stereocenters. The number of piperidine rings is 2. The van der Waals surface area contributed by atoms with E-state index in [1.165, 1.54) is 25.7 Å². The van der Waals surface area contributed by atoms with E-state index in [4.69, 9.17) is 5.73 Å². The van der Waals surface area contributed by atoms with Crippen molar-refractivity contribution in [3.05, 3.63) is 0 Å². The summed E-state index contributed by atoms with van der Waals surface area (Å²) in [6, 6.07) is 1.50. The molecule has 2 N–H and O–H groups in total. The van der Waals surface area contributed by atoms with E-state index in [0.717, 1.165) is 25.9 Å². The third kappa shape index (κ3) is 2.79. The molecule has 3 fully saturated rings. The number of hydrogen-bond donors (Lipinski definition) is 1. The van der Waals surface area contributed by atoms with E-state index >= 15 is 0 Å². The topological polar surface area (TPSA) is 49.6 Å². The summed E-state index contributed by atoms with van der Waals surface area (Å²) in [7, 11) is 0. The Bertz CT molecular complexity index is 332. The molecular formula is C15H27N3O. The third-order valence-corrected chi connectivity index (χ3v) is 5.25. The van der Waals surface area contributed by atoms with Crippen LogP contribution in [0, 0.1) is 5.92 Å². The first kappa shape index (κ1) is 13.4. The lowest BCUT2D eigenvalue weighted by Gasteiger charge is -2.39. The third-order valence-electron chi connectivity index (χ3n) is 5.25. The van der Waals surface area contributed by atoms with Crippen molar-refractivity contribution < 1.29 is 4.79 Å². The van der Waals surface area contributed by atoms with Gasteiger partial charge in [-0.2, -0.15) is 0 Å². The fourth-order valence-corrected chi connectivity index (χ4v) is 4.25. The molecule has 3 unspecified atom stereocenters. The SMILES string of the molecule is CC1CCCN(C(=O)CN2C3CCC2CC(N)C3)C1. The van der Waals surface area contributed by atoms with E-state index in [1.807, 2.05) is 0 Å². The zero-order chi connectivity index (χ0) is 13.4. The van der Waals surface area contributed by atoms with Gasteiger partial charge in [0.25, 0.3) is 0 Å². The van der Waals surface area contributed by atoms with Gasteiger partial charge in [0.1, 0.15) is 0 Å². The number of rotatable bonds is 2. The van der Waals surface area contributed by atoms with Gasteiger partial charge in [0, 0.05) is 31.2 Å². The van der Waals surface area contributed by atoms with Crippen molar-refractivity contribution in [2.75, 3.05) is 19.6 Å². The maximum absolute atomic E-state index is 12.5. The van der Waals surface area contributed by atoms with Crippen molar-refractivity contribution in [3.8, 4) is 0 Å². The van der Waals surface area contributed by atoms with Crippen LogP contribution in [0.2, 0.25) is 0 Å². The van der Waals surface area contributed by atoms with E-state index in [2.05, 4.69) is 16.7 Å². The lowest BCUT2D eigenvalue weighted by molar-refractivity contribution is -0.135. The molecule has 4 heteroatoms.